The van der Waals surface area contributed by atoms with Gasteiger partial charge in [-0.1, -0.05) is 36.4 Å². The molecule has 3 aromatic carbocycles. The van der Waals surface area contributed by atoms with Crippen molar-refractivity contribution < 1.29 is 13.2 Å². The van der Waals surface area contributed by atoms with Crippen LogP contribution in [0.2, 0.25) is 0 Å². The largest absolute Gasteiger partial charge is 0.490 e. The number of hydrogen-bond acceptors (Lipinski definition) is 6. The van der Waals surface area contributed by atoms with Gasteiger partial charge in [0.25, 0.3) is 0 Å². The van der Waals surface area contributed by atoms with Gasteiger partial charge in [0, 0.05) is 16.6 Å². The summed E-state index contributed by atoms with van der Waals surface area (Å²) in [4.78, 5) is 0.102. The molecule has 0 radical (unpaired) electrons. The molecule has 0 spiro atoms. The zero-order chi connectivity index (χ0) is 20.4. The number of anilines is 1. The molecule has 0 aromatic heterocycles. The highest BCUT2D eigenvalue weighted by Crippen LogP contribution is 2.29. The Morgan fingerprint density at radius 2 is 1.76 bits per heavy atom. The van der Waals surface area contributed by atoms with Gasteiger partial charge in [-0.2, -0.15) is 0 Å². The Balaban J connectivity index is 1.70. The normalized spacial score (nSPS) is 15.3. The van der Waals surface area contributed by atoms with E-state index in [0.29, 0.717) is 11.1 Å². The molecule has 0 bridgehead atoms. The predicted molar refractivity (Wildman–Crippen MR) is 115 cm³/mol. The molecule has 1 aliphatic rings. The molecule has 1 aliphatic heterocycles. The SMILES string of the molecule is N=C(c1cc(OC2CCNCC2)ccc1N)S(=O)(=O)c1cccc2ccccc12. The molecule has 4 rings (SSSR count). The minimum Gasteiger partial charge on any atom is -0.490 e. The number of nitrogens with two attached hydrogens (primary N) is 1. The first-order chi connectivity index (χ1) is 14.0. The molecule has 3 aromatic rings. The Labute approximate surface area is 170 Å². The Bertz CT molecular complexity index is 1160. The van der Waals surface area contributed by atoms with Crippen LogP contribution in [0.25, 0.3) is 10.8 Å². The average Bonchev–Trinajstić information content (AvgIpc) is 2.75. The lowest BCUT2D eigenvalue weighted by Crippen LogP contribution is -2.34. The maximum absolute atomic E-state index is 13.3. The number of nitrogens with one attached hydrogen (secondary N) is 2. The highest BCUT2D eigenvalue weighted by atomic mass is 32.2. The molecule has 1 heterocycles. The summed E-state index contributed by atoms with van der Waals surface area (Å²) in [5.74, 6) is 0.527. The van der Waals surface area contributed by atoms with E-state index in [1.165, 1.54) is 6.07 Å². The number of rotatable bonds is 4. The quantitative estimate of drug-likeness (QED) is 0.348. The van der Waals surface area contributed by atoms with Crippen molar-refractivity contribution in [2.45, 2.75) is 23.8 Å². The fourth-order valence-corrected chi connectivity index (χ4v) is 5.02. The van der Waals surface area contributed by atoms with Crippen molar-refractivity contribution in [1.82, 2.24) is 5.32 Å². The smallest absolute Gasteiger partial charge is 0.224 e. The molecule has 0 atom stereocenters. The number of ether oxygens (including phenoxy) is 1. The standard InChI is InChI=1S/C22H23N3O3S/c23-20-9-8-17(28-16-10-12-25-13-11-16)14-19(20)22(24)29(26,27)21-7-3-5-15-4-1-2-6-18(15)21/h1-9,14,16,24-25H,10-13,23H2. The number of hydrogen-bond donors (Lipinski definition) is 3. The van der Waals surface area contributed by atoms with Crippen molar-refractivity contribution in [2.24, 2.45) is 0 Å². The van der Waals surface area contributed by atoms with Crippen LogP contribution in [0.5, 0.6) is 5.75 Å². The van der Waals surface area contributed by atoms with Gasteiger partial charge in [0.05, 0.1) is 4.90 Å². The van der Waals surface area contributed by atoms with E-state index in [0.717, 1.165) is 31.3 Å². The summed E-state index contributed by atoms with van der Waals surface area (Å²) in [5, 5.41) is 12.6. The lowest BCUT2D eigenvalue weighted by atomic mass is 10.1. The van der Waals surface area contributed by atoms with Crippen LogP contribution in [-0.2, 0) is 9.84 Å². The van der Waals surface area contributed by atoms with Crippen LogP contribution in [-0.4, -0.2) is 32.7 Å². The van der Waals surface area contributed by atoms with Crippen LogP contribution < -0.4 is 15.8 Å². The van der Waals surface area contributed by atoms with Crippen molar-refractivity contribution >= 4 is 31.3 Å². The molecular formula is C22H23N3O3S. The molecule has 0 saturated carbocycles. The summed E-state index contributed by atoms with van der Waals surface area (Å²) >= 11 is 0. The molecule has 150 valence electrons. The van der Waals surface area contributed by atoms with E-state index in [9.17, 15) is 8.42 Å². The van der Waals surface area contributed by atoms with Gasteiger partial charge in [-0.25, -0.2) is 8.42 Å². The summed E-state index contributed by atoms with van der Waals surface area (Å²) in [7, 11) is -4.05. The van der Waals surface area contributed by atoms with Crippen molar-refractivity contribution in [3.05, 3.63) is 66.2 Å². The van der Waals surface area contributed by atoms with Crippen LogP contribution in [0.4, 0.5) is 5.69 Å². The first-order valence-corrected chi connectivity index (χ1v) is 11.0. The zero-order valence-corrected chi connectivity index (χ0v) is 16.7. The second-order valence-electron chi connectivity index (χ2n) is 7.13. The topological polar surface area (TPSA) is 105 Å². The lowest BCUT2D eigenvalue weighted by molar-refractivity contribution is 0.162. The second kappa shape index (κ2) is 7.85. The highest BCUT2D eigenvalue weighted by molar-refractivity contribution is 8.07. The first-order valence-electron chi connectivity index (χ1n) is 9.55. The van der Waals surface area contributed by atoms with Gasteiger partial charge in [0.15, 0.2) is 5.04 Å². The molecule has 0 aliphatic carbocycles. The van der Waals surface area contributed by atoms with Crippen LogP contribution in [0.3, 0.4) is 0 Å². The number of nitrogen functional groups attached to an aromatic ring is 1. The number of fused-ring (bicyclic) bond motifs is 1. The third kappa shape index (κ3) is 3.83. The minimum absolute atomic E-state index is 0.0663. The summed E-state index contributed by atoms with van der Waals surface area (Å²) in [6, 6.07) is 17.2. The van der Waals surface area contributed by atoms with E-state index in [4.69, 9.17) is 15.9 Å². The van der Waals surface area contributed by atoms with Gasteiger partial charge < -0.3 is 15.8 Å². The highest BCUT2D eigenvalue weighted by Gasteiger charge is 2.27. The number of sulfone groups is 1. The Morgan fingerprint density at radius 1 is 1.03 bits per heavy atom. The molecule has 7 heteroatoms. The van der Waals surface area contributed by atoms with Crippen molar-refractivity contribution in [1.29, 1.82) is 5.41 Å². The molecule has 1 fully saturated rings. The van der Waals surface area contributed by atoms with Gasteiger partial charge in [-0.3, -0.25) is 5.41 Å². The van der Waals surface area contributed by atoms with Gasteiger partial charge in [0.2, 0.25) is 9.84 Å². The van der Waals surface area contributed by atoms with E-state index in [1.807, 2.05) is 18.2 Å². The first kappa shape index (κ1) is 19.4. The van der Waals surface area contributed by atoms with Crippen molar-refractivity contribution in [2.75, 3.05) is 18.8 Å². The van der Waals surface area contributed by atoms with Crippen molar-refractivity contribution in [3.8, 4) is 5.75 Å². The van der Waals surface area contributed by atoms with E-state index >= 15 is 0 Å². The third-order valence-electron chi connectivity index (χ3n) is 5.17. The van der Waals surface area contributed by atoms with Gasteiger partial charge in [0.1, 0.15) is 11.9 Å². The summed E-state index contributed by atoms with van der Waals surface area (Å²) in [6.45, 7) is 1.77. The molecule has 1 saturated heterocycles. The molecule has 0 amide bonds. The molecule has 0 unspecified atom stereocenters. The summed E-state index contributed by atoms with van der Waals surface area (Å²) in [6.07, 6.45) is 1.83. The van der Waals surface area contributed by atoms with Crippen LogP contribution in [0.1, 0.15) is 18.4 Å². The summed E-state index contributed by atoms with van der Waals surface area (Å²) < 4.78 is 32.5. The Morgan fingerprint density at radius 3 is 2.55 bits per heavy atom. The maximum Gasteiger partial charge on any atom is 0.224 e. The number of piperidine rings is 1. The molecule has 4 N–H and O–H groups in total. The van der Waals surface area contributed by atoms with Crippen LogP contribution in [0.15, 0.2) is 65.6 Å². The van der Waals surface area contributed by atoms with E-state index in [1.54, 1.807) is 36.4 Å². The monoisotopic (exact) mass is 409 g/mol. The molecule has 29 heavy (non-hydrogen) atoms. The minimum atomic E-state index is -4.05. The Kier molecular flexibility index (Phi) is 5.25. The number of benzene rings is 3. The zero-order valence-electron chi connectivity index (χ0n) is 15.9. The van der Waals surface area contributed by atoms with Crippen molar-refractivity contribution in [3.63, 3.8) is 0 Å². The van der Waals surface area contributed by atoms with E-state index in [-0.39, 0.29) is 22.3 Å². The lowest BCUT2D eigenvalue weighted by Gasteiger charge is -2.24. The molecule has 6 nitrogen and oxygen atoms in total. The molecular weight excluding hydrogens is 386 g/mol. The van der Waals surface area contributed by atoms with Crippen LogP contribution >= 0.6 is 0 Å². The predicted octanol–water partition coefficient (Wildman–Crippen LogP) is 3.35. The van der Waals surface area contributed by atoms with Gasteiger partial charge in [-0.05, 0) is 55.6 Å². The fourth-order valence-electron chi connectivity index (χ4n) is 3.60. The third-order valence-corrected chi connectivity index (χ3v) is 6.86. The Hall–Kier alpha value is -2.90. The van der Waals surface area contributed by atoms with Gasteiger partial charge in [-0.15, -0.1) is 0 Å². The van der Waals surface area contributed by atoms with E-state index in [2.05, 4.69) is 5.32 Å². The average molecular weight is 410 g/mol. The summed E-state index contributed by atoms with van der Waals surface area (Å²) in [5.41, 5.74) is 6.43. The van der Waals surface area contributed by atoms with Crippen LogP contribution in [0, 0.1) is 5.41 Å². The van der Waals surface area contributed by atoms with E-state index < -0.39 is 14.9 Å². The fraction of sp³-hybridized carbons (Fsp3) is 0.227. The van der Waals surface area contributed by atoms with Gasteiger partial charge >= 0.3 is 0 Å². The maximum atomic E-state index is 13.3. The second-order valence-corrected chi connectivity index (χ2v) is 8.98.